The molecule has 0 aromatic carbocycles. The zero-order chi connectivity index (χ0) is 21.6. The quantitative estimate of drug-likeness (QED) is 0.174. The van der Waals surface area contributed by atoms with E-state index in [2.05, 4.69) is 23.9 Å². The molecule has 1 amide bonds. The summed E-state index contributed by atoms with van der Waals surface area (Å²) in [5, 5.41) is 2.60. The molecule has 0 rings (SSSR count). The Labute approximate surface area is 179 Å². The maximum atomic E-state index is 12.3. The van der Waals surface area contributed by atoms with Gasteiger partial charge in [-0.25, -0.2) is 9.59 Å². The number of unbranched alkanes of at least 4 members (excludes halogenated alkanes) is 14. The van der Waals surface area contributed by atoms with E-state index in [1.54, 1.807) is 0 Å². The van der Waals surface area contributed by atoms with Gasteiger partial charge in [0.25, 0.3) is 0 Å². The lowest BCUT2D eigenvalue weighted by Crippen LogP contribution is -2.41. The lowest BCUT2D eigenvalue weighted by Gasteiger charge is -2.17. The van der Waals surface area contributed by atoms with Crippen molar-refractivity contribution in [3.8, 4) is 0 Å². The van der Waals surface area contributed by atoms with Gasteiger partial charge in [0.15, 0.2) is 0 Å². The van der Waals surface area contributed by atoms with Crippen LogP contribution < -0.4 is 5.32 Å². The number of nitrogens with one attached hydrogen (secondary N) is 1. The number of esters is 1. The van der Waals surface area contributed by atoms with Crippen molar-refractivity contribution in [1.29, 1.82) is 0 Å². The topological polar surface area (TPSA) is 64.6 Å². The second-order valence-corrected chi connectivity index (χ2v) is 8.09. The molecule has 0 radical (unpaired) electrons. The molecule has 29 heavy (non-hydrogen) atoms. The molecule has 0 spiro atoms. The molecule has 0 aromatic heterocycles. The molecule has 0 saturated heterocycles. The number of ether oxygens (including phenoxy) is 2. The molecule has 0 aliphatic heterocycles. The van der Waals surface area contributed by atoms with Gasteiger partial charge >= 0.3 is 12.1 Å². The fourth-order valence-electron chi connectivity index (χ4n) is 3.44. The van der Waals surface area contributed by atoms with E-state index in [4.69, 9.17) is 4.74 Å². The molecular weight excluding hydrogens is 366 g/mol. The van der Waals surface area contributed by atoms with Gasteiger partial charge in [-0.05, 0) is 12.8 Å². The number of hydrogen-bond donors (Lipinski definition) is 1. The van der Waals surface area contributed by atoms with Gasteiger partial charge in [-0.1, -0.05) is 110 Å². The molecule has 0 aliphatic rings. The average molecular weight is 414 g/mol. The smallest absolute Gasteiger partial charge is 0.407 e. The number of amides is 1. The predicted octanol–water partition coefficient (Wildman–Crippen LogP) is 6.93. The number of methoxy groups -OCH3 is 1. The van der Waals surface area contributed by atoms with Gasteiger partial charge in [0.1, 0.15) is 6.04 Å². The Balaban J connectivity index is 3.71. The minimum atomic E-state index is -0.600. The number of hydrogen-bond acceptors (Lipinski definition) is 4. The van der Waals surface area contributed by atoms with Crippen molar-refractivity contribution in [2.45, 2.75) is 129 Å². The Bertz CT molecular complexity index is 387. The van der Waals surface area contributed by atoms with Gasteiger partial charge in [0.05, 0.1) is 13.7 Å². The van der Waals surface area contributed by atoms with Crippen molar-refractivity contribution in [2.24, 2.45) is 0 Å². The third-order valence-corrected chi connectivity index (χ3v) is 5.35. The van der Waals surface area contributed by atoms with Gasteiger partial charge in [-0.2, -0.15) is 0 Å². The SMILES string of the molecule is CCCCCCCCCCCCCCOC(=O)C(CCCCCC)NC(=O)OC. The van der Waals surface area contributed by atoms with Crippen LogP contribution in [0.3, 0.4) is 0 Å². The Morgan fingerprint density at radius 1 is 0.690 bits per heavy atom. The van der Waals surface area contributed by atoms with Crippen LogP contribution in [-0.2, 0) is 14.3 Å². The van der Waals surface area contributed by atoms with Gasteiger partial charge in [0.2, 0.25) is 0 Å². The van der Waals surface area contributed by atoms with Gasteiger partial charge in [0, 0.05) is 0 Å². The highest BCUT2D eigenvalue weighted by molar-refractivity contribution is 5.81. The third kappa shape index (κ3) is 18.5. The second kappa shape index (κ2) is 21.4. The molecule has 172 valence electrons. The molecule has 0 aliphatic carbocycles. The molecule has 5 nitrogen and oxygen atoms in total. The Kier molecular flexibility index (Phi) is 20.5. The molecule has 0 saturated carbocycles. The van der Waals surface area contributed by atoms with Crippen LogP contribution in [-0.4, -0.2) is 31.8 Å². The van der Waals surface area contributed by atoms with E-state index in [1.165, 1.54) is 71.3 Å². The second-order valence-electron chi connectivity index (χ2n) is 8.09. The molecule has 1 N–H and O–H groups in total. The first-order valence-electron chi connectivity index (χ1n) is 12.2. The van der Waals surface area contributed by atoms with E-state index in [1.807, 2.05) is 0 Å². The molecule has 5 heteroatoms. The molecule has 1 unspecified atom stereocenters. The van der Waals surface area contributed by atoms with Crippen LogP contribution in [0.15, 0.2) is 0 Å². The highest BCUT2D eigenvalue weighted by atomic mass is 16.5. The van der Waals surface area contributed by atoms with E-state index in [0.717, 1.165) is 38.5 Å². The summed E-state index contributed by atoms with van der Waals surface area (Å²) in [6.07, 6.45) is 19.6. The fraction of sp³-hybridized carbons (Fsp3) is 0.917. The standard InChI is InChI=1S/C24H47NO4/c1-4-6-8-10-11-12-13-14-15-16-17-19-21-29-23(26)22(25-24(27)28-3)20-18-9-7-5-2/h22H,4-21H2,1-3H3,(H,25,27). The first kappa shape index (κ1) is 27.7. The van der Waals surface area contributed by atoms with E-state index in [-0.39, 0.29) is 5.97 Å². The van der Waals surface area contributed by atoms with E-state index in [0.29, 0.717) is 13.0 Å². The molecular formula is C24H47NO4. The summed E-state index contributed by atoms with van der Waals surface area (Å²) in [5.41, 5.74) is 0. The Hall–Kier alpha value is -1.26. The first-order valence-corrected chi connectivity index (χ1v) is 12.2. The van der Waals surface area contributed by atoms with Gasteiger partial charge < -0.3 is 14.8 Å². The van der Waals surface area contributed by atoms with E-state index < -0.39 is 12.1 Å². The summed E-state index contributed by atoms with van der Waals surface area (Å²) in [4.78, 5) is 23.7. The summed E-state index contributed by atoms with van der Waals surface area (Å²) in [6, 6.07) is -0.600. The van der Waals surface area contributed by atoms with Crippen LogP contribution in [0, 0.1) is 0 Å². The first-order chi connectivity index (χ1) is 14.2. The fourth-order valence-corrected chi connectivity index (χ4v) is 3.44. The highest BCUT2D eigenvalue weighted by Gasteiger charge is 2.22. The lowest BCUT2D eigenvalue weighted by molar-refractivity contribution is -0.146. The predicted molar refractivity (Wildman–Crippen MR) is 120 cm³/mol. The number of alkyl carbamates (subject to hydrolysis) is 1. The summed E-state index contributed by atoms with van der Waals surface area (Å²) in [7, 11) is 1.31. The largest absolute Gasteiger partial charge is 0.464 e. The zero-order valence-electron chi connectivity index (χ0n) is 19.4. The van der Waals surface area contributed by atoms with Crippen molar-refractivity contribution in [3.05, 3.63) is 0 Å². The normalized spacial score (nSPS) is 11.8. The molecule has 0 aromatic rings. The zero-order valence-corrected chi connectivity index (χ0v) is 19.4. The number of rotatable bonds is 20. The van der Waals surface area contributed by atoms with Crippen LogP contribution in [0.1, 0.15) is 123 Å². The minimum Gasteiger partial charge on any atom is -0.464 e. The maximum absolute atomic E-state index is 12.3. The highest BCUT2D eigenvalue weighted by Crippen LogP contribution is 2.12. The van der Waals surface area contributed by atoms with Gasteiger partial charge in [-0.15, -0.1) is 0 Å². The molecule has 0 fully saturated rings. The molecule has 0 heterocycles. The van der Waals surface area contributed by atoms with Crippen molar-refractivity contribution in [1.82, 2.24) is 5.32 Å². The minimum absolute atomic E-state index is 0.338. The van der Waals surface area contributed by atoms with Crippen LogP contribution in [0.5, 0.6) is 0 Å². The van der Waals surface area contributed by atoms with Gasteiger partial charge in [-0.3, -0.25) is 0 Å². The summed E-state index contributed by atoms with van der Waals surface area (Å²) in [6.45, 7) is 4.84. The van der Waals surface area contributed by atoms with Crippen LogP contribution in [0.4, 0.5) is 4.79 Å². The number of carbonyl (C=O) groups excluding carboxylic acids is 2. The average Bonchev–Trinajstić information content (AvgIpc) is 2.73. The molecule has 1 atom stereocenters. The van der Waals surface area contributed by atoms with E-state index in [9.17, 15) is 9.59 Å². The summed E-state index contributed by atoms with van der Waals surface area (Å²) in [5.74, 6) is -0.338. The van der Waals surface area contributed by atoms with Crippen molar-refractivity contribution >= 4 is 12.1 Å². The van der Waals surface area contributed by atoms with Crippen molar-refractivity contribution in [2.75, 3.05) is 13.7 Å². The summed E-state index contributed by atoms with van der Waals surface area (Å²) < 4.78 is 10.0. The van der Waals surface area contributed by atoms with Crippen LogP contribution >= 0.6 is 0 Å². The van der Waals surface area contributed by atoms with Crippen molar-refractivity contribution < 1.29 is 19.1 Å². The lowest BCUT2D eigenvalue weighted by atomic mass is 10.1. The van der Waals surface area contributed by atoms with Crippen molar-refractivity contribution in [3.63, 3.8) is 0 Å². The Morgan fingerprint density at radius 3 is 1.62 bits per heavy atom. The monoisotopic (exact) mass is 413 g/mol. The van der Waals surface area contributed by atoms with E-state index >= 15 is 0 Å². The Morgan fingerprint density at radius 2 is 1.14 bits per heavy atom. The third-order valence-electron chi connectivity index (χ3n) is 5.35. The number of carbonyl (C=O) groups is 2. The summed E-state index contributed by atoms with van der Waals surface area (Å²) >= 11 is 0. The maximum Gasteiger partial charge on any atom is 0.407 e. The van der Waals surface area contributed by atoms with Crippen LogP contribution in [0.25, 0.3) is 0 Å². The van der Waals surface area contributed by atoms with Crippen LogP contribution in [0.2, 0.25) is 0 Å². The molecule has 0 bridgehead atoms.